The fourth-order valence-corrected chi connectivity index (χ4v) is 3.90. The molecule has 1 aliphatic carbocycles. The van der Waals surface area contributed by atoms with Crippen LogP contribution in [-0.2, 0) is 0 Å². The molecule has 0 bridgehead atoms. The summed E-state index contributed by atoms with van der Waals surface area (Å²) >= 11 is 6.44. The molecule has 32 heavy (non-hydrogen) atoms. The number of aromatic nitrogens is 5. The van der Waals surface area contributed by atoms with Gasteiger partial charge in [-0.2, -0.15) is 4.68 Å². The van der Waals surface area contributed by atoms with Gasteiger partial charge in [0.15, 0.2) is 5.82 Å². The fraction of sp³-hybridized carbons (Fsp3) is 0.304. The van der Waals surface area contributed by atoms with Crippen molar-refractivity contribution in [1.29, 1.82) is 0 Å². The molecule has 0 saturated heterocycles. The standard InChI is InChI=1S/C23H23ClN6O2/c1-13(25-17-4-3-5-18(10-17)30-14(2)27-28-29-30)19-8-16-9-20(24)22(32-12-15-6-7-15)11-21(16)26-23(19)31/h3-5,8-11,13,15,25H,6-7,12H2,1-2H3,(H,26,31)/t13-/m0/s1. The molecule has 1 aliphatic rings. The minimum absolute atomic E-state index is 0.152. The smallest absolute Gasteiger partial charge is 0.253 e. The Morgan fingerprint density at radius 3 is 2.88 bits per heavy atom. The number of hydrogen-bond acceptors (Lipinski definition) is 6. The number of nitrogens with one attached hydrogen (secondary N) is 2. The lowest BCUT2D eigenvalue weighted by atomic mass is 10.1. The summed E-state index contributed by atoms with van der Waals surface area (Å²) in [6.07, 6.45) is 2.41. The number of hydrogen-bond donors (Lipinski definition) is 2. The third-order valence-electron chi connectivity index (χ3n) is 5.66. The maximum atomic E-state index is 12.8. The summed E-state index contributed by atoms with van der Waals surface area (Å²) in [7, 11) is 0. The van der Waals surface area contributed by atoms with Crippen molar-refractivity contribution >= 4 is 28.2 Å². The first kappa shape index (κ1) is 20.5. The third-order valence-corrected chi connectivity index (χ3v) is 5.96. The van der Waals surface area contributed by atoms with Crippen LogP contribution >= 0.6 is 11.6 Å². The van der Waals surface area contributed by atoms with Crippen molar-refractivity contribution < 1.29 is 4.74 Å². The van der Waals surface area contributed by atoms with Crippen LogP contribution in [0.3, 0.4) is 0 Å². The third kappa shape index (κ3) is 4.18. The van der Waals surface area contributed by atoms with Crippen molar-refractivity contribution in [3.05, 3.63) is 69.2 Å². The van der Waals surface area contributed by atoms with Crippen molar-refractivity contribution in [1.82, 2.24) is 25.2 Å². The number of nitrogens with zero attached hydrogens (tertiary/aromatic N) is 4. The number of H-pyrrole nitrogens is 1. The molecule has 0 amide bonds. The van der Waals surface area contributed by atoms with Crippen molar-refractivity contribution in [2.75, 3.05) is 11.9 Å². The Morgan fingerprint density at radius 2 is 2.12 bits per heavy atom. The van der Waals surface area contributed by atoms with Gasteiger partial charge in [-0.15, -0.1) is 5.10 Å². The molecular formula is C23H23ClN6O2. The van der Waals surface area contributed by atoms with Crippen molar-refractivity contribution in [2.24, 2.45) is 5.92 Å². The molecule has 2 aromatic heterocycles. The highest BCUT2D eigenvalue weighted by Crippen LogP contribution is 2.34. The summed E-state index contributed by atoms with van der Waals surface area (Å²) < 4.78 is 7.49. The summed E-state index contributed by atoms with van der Waals surface area (Å²) in [5.74, 6) is 1.92. The molecule has 0 unspecified atom stereocenters. The number of tetrazole rings is 1. The zero-order valence-electron chi connectivity index (χ0n) is 17.8. The number of rotatable bonds is 7. The molecule has 2 N–H and O–H groups in total. The second kappa shape index (κ2) is 8.27. The summed E-state index contributed by atoms with van der Waals surface area (Å²) in [6, 6.07) is 13.0. The highest BCUT2D eigenvalue weighted by atomic mass is 35.5. The Balaban J connectivity index is 1.40. The van der Waals surface area contributed by atoms with Crippen LogP contribution in [0.15, 0.2) is 47.3 Å². The summed E-state index contributed by atoms with van der Waals surface area (Å²) in [5, 5.41) is 16.4. The van der Waals surface area contributed by atoms with E-state index in [1.807, 2.05) is 50.2 Å². The first-order valence-corrected chi connectivity index (χ1v) is 11.0. The topological polar surface area (TPSA) is 97.7 Å². The summed E-state index contributed by atoms with van der Waals surface area (Å²) in [5.41, 5.74) is 2.86. The second-order valence-corrected chi connectivity index (χ2v) is 8.64. The molecular weight excluding hydrogens is 428 g/mol. The van der Waals surface area contributed by atoms with Crippen molar-refractivity contribution in [3.63, 3.8) is 0 Å². The number of anilines is 1. The van der Waals surface area contributed by atoms with Gasteiger partial charge in [0.1, 0.15) is 5.75 Å². The van der Waals surface area contributed by atoms with Gasteiger partial charge in [0.25, 0.3) is 5.56 Å². The predicted octanol–water partition coefficient (Wildman–Crippen LogP) is 4.43. The van der Waals surface area contributed by atoms with E-state index in [1.54, 1.807) is 10.7 Å². The van der Waals surface area contributed by atoms with Crippen LogP contribution < -0.4 is 15.6 Å². The van der Waals surface area contributed by atoms with Crippen LogP contribution in [0.4, 0.5) is 5.69 Å². The highest BCUT2D eigenvalue weighted by Gasteiger charge is 2.22. The average molecular weight is 451 g/mol. The Morgan fingerprint density at radius 1 is 1.28 bits per heavy atom. The Labute approximate surface area is 189 Å². The number of benzene rings is 2. The van der Waals surface area contributed by atoms with E-state index >= 15 is 0 Å². The average Bonchev–Trinajstić information content (AvgIpc) is 3.50. The van der Waals surface area contributed by atoms with E-state index in [0.29, 0.717) is 40.2 Å². The zero-order chi connectivity index (χ0) is 22.2. The minimum atomic E-state index is -0.238. The summed E-state index contributed by atoms with van der Waals surface area (Å²) in [6.45, 7) is 4.45. The largest absolute Gasteiger partial charge is 0.492 e. The van der Waals surface area contributed by atoms with Crippen LogP contribution in [0.25, 0.3) is 16.6 Å². The lowest BCUT2D eigenvalue weighted by Gasteiger charge is -2.17. The van der Waals surface area contributed by atoms with E-state index in [4.69, 9.17) is 16.3 Å². The quantitative estimate of drug-likeness (QED) is 0.432. The molecule has 0 radical (unpaired) electrons. The lowest BCUT2D eigenvalue weighted by molar-refractivity contribution is 0.300. The van der Waals surface area contributed by atoms with E-state index < -0.39 is 0 Å². The van der Waals surface area contributed by atoms with Gasteiger partial charge >= 0.3 is 0 Å². The SMILES string of the molecule is Cc1nnnn1-c1cccc(N[C@@H](C)c2cc3cc(Cl)c(OCC4CC4)cc3[nH]c2=O)c1. The molecule has 1 saturated carbocycles. The molecule has 5 rings (SSSR count). The van der Waals surface area contributed by atoms with Gasteiger partial charge in [-0.1, -0.05) is 17.7 Å². The number of aryl methyl sites for hydroxylation is 1. The van der Waals surface area contributed by atoms with Gasteiger partial charge in [-0.25, -0.2) is 0 Å². The summed E-state index contributed by atoms with van der Waals surface area (Å²) in [4.78, 5) is 15.8. The van der Waals surface area contributed by atoms with Crippen molar-refractivity contribution in [3.8, 4) is 11.4 Å². The molecule has 0 spiro atoms. The molecule has 164 valence electrons. The lowest BCUT2D eigenvalue weighted by Crippen LogP contribution is -2.19. The molecule has 0 aliphatic heterocycles. The van der Waals surface area contributed by atoms with E-state index in [-0.39, 0.29) is 11.6 Å². The molecule has 2 heterocycles. The molecule has 8 nitrogen and oxygen atoms in total. The zero-order valence-corrected chi connectivity index (χ0v) is 18.6. The molecule has 1 fully saturated rings. The molecule has 9 heteroatoms. The first-order valence-electron chi connectivity index (χ1n) is 10.6. The monoisotopic (exact) mass is 450 g/mol. The number of fused-ring (bicyclic) bond motifs is 1. The fourth-order valence-electron chi connectivity index (χ4n) is 3.67. The van der Waals surface area contributed by atoms with Gasteiger partial charge < -0.3 is 15.0 Å². The maximum absolute atomic E-state index is 12.8. The van der Waals surface area contributed by atoms with Gasteiger partial charge in [0, 0.05) is 22.7 Å². The van der Waals surface area contributed by atoms with Crippen LogP contribution in [-0.4, -0.2) is 31.8 Å². The predicted molar refractivity (Wildman–Crippen MR) is 124 cm³/mol. The number of pyridine rings is 1. The van der Waals surface area contributed by atoms with Crippen LogP contribution in [0, 0.1) is 12.8 Å². The Kier molecular flexibility index (Phi) is 5.30. The first-order chi connectivity index (χ1) is 15.5. The van der Waals surface area contributed by atoms with Crippen LogP contribution in [0.2, 0.25) is 5.02 Å². The number of aromatic amines is 1. The molecule has 1 atom stereocenters. The van der Waals surface area contributed by atoms with E-state index in [1.165, 1.54) is 12.8 Å². The van der Waals surface area contributed by atoms with Crippen LogP contribution in [0.5, 0.6) is 5.75 Å². The molecule has 4 aromatic rings. The normalized spacial score (nSPS) is 14.5. The second-order valence-electron chi connectivity index (χ2n) is 8.23. The molecule has 2 aromatic carbocycles. The van der Waals surface area contributed by atoms with Gasteiger partial charge in [-0.3, -0.25) is 4.79 Å². The van der Waals surface area contributed by atoms with Gasteiger partial charge in [-0.05, 0) is 73.4 Å². The van der Waals surface area contributed by atoms with Gasteiger partial charge in [0.2, 0.25) is 0 Å². The maximum Gasteiger partial charge on any atom is 0.253 e. The van der Waals surface area contributed by atoms with E-state index in [0.717, 1.165) is 16.8 Å². The number of halogens is 1. The Bertz CT molecular complexity index is 1340. The number of ether oxygens (including phenoxy) is 1. The van der Waals surface area contributed by atoms with Crippen molar-refractivity contribution in [2.45, 2.75) is 32.7 Å². The highest BCUT2D eigenvalue weighted by molar-refractivity contribution is 6.32. The van der Waals surface area contributed by atoms with E-state index in [2.05, 4.69) is 25.8 Å². The van der Waals surface area contributed by atoms with Crippen LogP contribution in [0.1, 0.15) is 37.2 Å². The van der Waals surface area contributed by atoms with E-state index in [9.17, 15) is 4.79 Å². The van der Waals surface area contributed by atoms with Gasteiger partial charge in [0.05, 0.1) is 28.9 Å². The Hall–Kier alpha value is -3.39. The minimum Gasteiger partial charge on any atom is -0.492 e.